The van der Waals surface area contributed by atoms with Crippen LogP contribution < -0.4 is 21.7 Å². The van der Waals surface area contributed by atoms with E-state index in [1.807, 2.05) is 19.1 Å². The standard InChI is InChI=1S/C23H25N7O4S/c1-2-8-34-9-7-24-22(32)18-6-5-17(35-18)15-11-19(26-14-3-4-14)30-20(27-15)13(12-25-30)10-16-21(31)29-23(33)28-16/h5-6,10-12,14,31H,2-4,7-9H2,1H3,(H,24,32)(H2,28,29,33)/b13-10-,26-19?. The first-order valence-corrected chi connectivity index (χ1v) is 12.2. The summed E-state index contributed by atoms with van der Waals surface area (Å²) in [6.07, 6.45) is 6.21. The summed E-state index contributed by atoms with van der Waals surface area (Å²) in [4.78, 5) is 39.8. The van der Waals surface area contributed by atoms with Crippen molar-refractivity contribution in [1.82, 2.24) is 29.9 Å². The number of fused-ring (bicyclic) bond motifs is 1. The summed E-state index contributed by atoms with van der Waals surface area (Å²) in [7, 11) is 0. The predicted octanol–water partition coefficient (Wildman–Crippen LogP) is 0.947. The first-order chi connectivity index (χ1) is 17.0. The van der Waals surface area contributed by atoms with Crippen LogP contribution in [0.2, 0.25) is 0 Å². The summed E-state index contributed by atoms with van der Waals surface area (Å²) in [6, 6.07) is 5.76. The fourth-order valence-electron chi connectivity index (χ4n) is 3.49. The largest absolute Gasteiger partial charge is 0.493 e. The van der Waals surface area contributed by atoms with Crippen LogP contribution in [0, 0.1) is 0 Å². The van der Waals surface area contributed by atoms with E-state index in [4.69, 9.17) is 14.7 Å². The number of rotatable bonds is 9. The molecule has 4 aromatic rings. The van der Waals surface area contributed by atoms with Gasteiger partial charge in [0.1, 0.15) is 5.69 Å². The van der Waals surface area contributed by atoms with Crippen molar-refractivity contribution in [3.8, 4) is 16.5 Å². The number of amides is 1. The zero-order valence-electron chi connectivity index (χ0n) is 19.1. The van der Waals surface area contributed by atoms with E-state index in [1.165, 1.54) is 11.3 Å². The van der Waals surface area contributed by atoms with Crippen LogP contribution in [-0.2, 0) is 4.74 Å². The summed E-state index contributed by atoms with van der Waals surface area (Å²) in [6.45, 7) is 3.64. The number of hydrogen-bond acceptors (Lipinski definition) is 8. The lowest BCUT2D eigenvalue weighted by atomic mass is 10.3. The third-order valence-electron chi connectivity index (χ3n) is 5.34. The van der Waals surface area contributed by atoms with Gasteiger partial charge in [-0.3, -0.25) is 14.8 Å². The van der Waals surface area contributed by atoms with E-state index in [0.29, 0.717) is 46.7 Å². The van der Waals surface area contributed by atoms with Gasteiger partial charge in [0.05, 0.1) is 34.3 Å². The minimum absolute atomic E-state index is 0.157. The highest BCUT2D eigenvalue weighted by molar-refractivity contribution is 7.17. The molecular formula is C23H25N7O4S. The molecule has 4 heterocycles. The summed E-state index contributed by atoms with van der Waals surface area (Å²) in [5.74, 6) is -0.419. The van der Waals surface area contributed by atoms with E-state index < -0.39 is 5.69 Å². The van der Waals surface area contributed by atoms with Crippen LogP contribution >= 0.6 is 11.3 Å². The van der Waals surface area contributed by atoms with Crippen molar-refractivity contribution in [2.24, 2.45) is 4.99 Å². The minimum atomic E-state index is -0.510. The van der Waals surface area contributed by atoms with Crippen molar-refractivity contribution >= 4 is 29.0 Å². The molecule has 1 fully saturated rings. The zero-order valence-corrected chi connectivity index (χ0v) is 19.9. The number of ether oxygens (including phenoxy) is 1. The topological polar surface area (TPSA) is 150 Å². The number of imidazole rings is 1. The van der Waals surface area contributed by atoms with Gasteiger partial charge >= 0.3 is 5.69 Å². The van der Waals surface area contributed by atoms with Crippen LogP contribution in [-0.4, -0.2) is 61.4 Å². The molecule has 11 nitrogen and oxygen atoms in total. The van der Waals surface area contributed by atoms with Gasteiger partial charge < -0.3 is 20.1 Å². The van der Waals surface area contributed by atoms with Crippen LogP contribution in [0.15, 0.2) is 34.2 Å². The molecule has 0 radical (unpaired) electrons. The van der Waals surface area contributed by atoms with Crippen LogP contribution in [0.4, 0.5) is 0 Å². The lowest BCUT2D eigenvalue weighted by molar-refractivity contribution is 0.0919. The number of carbonyl (C=O) groups excluding carboxylic acids is 1. The Labute approximate surface area is 203 Å². The number of nitrogens with zero attached hydrogens (tertiary/aromatic N) is 4. The number of hydrogen-bond donors (Lipinski definition) is 4. The molecule has 4 aromatic heterocycles. The van der Waals surface area contributed by atoms with Gasteiger partial charge in [-0.15, -0.1) is 11.3 Å². The lowest BCUT2D eigenvalue weighted by Crippen LogP contribution is -2.26. The summed E-state index contributed by atoms with van der Waals surface area (Å²) < 4.78 is 7.05. The average Bonchev–Trinajstić information content (AvgIpc) is 3.22. The fraction of sp³-hybridized carbons (Fsp3) is 0.348. The highest BCUT2D eigenvalue weighted by Gasteiger charge is 2.21. The quantitative estimate of drug-likeness (QED) is 0.254. The molecule has 1 amide bonds. The summed E-state index contributed by atoms with van der Waals surface area (Å²) in [5.41, 5.74) is 1.57. The number of thiophene rings is 1. The Balaban J connectivity index is 1.50. The SMILES string of the molecule is CCCOCCNC(=O)c1ccc(-c2cc(=NC3CC3)n3nc/c(=C/c4[nH]c(=O)[nH]c4O)c3n2)s1. The Morgan fingerprint density at radius 2 is 2.23 bits per heavy atom. The Hall–Kier alpha value is -3.77. The zero-order chi connectivity index (χ0) is 24.4. The van der Waals surface area contributed by atoms with E-state index in [1.54, 1.807) is 22.9 Å². The fourth-order valence-corrected chi connectivity index (χ4v) is 4.37. The molecule has 5 rings (SSSR count). The van der Waals surface area contributed by atoms with Crippen molar-refractivity contribution in [3.63, 3.8) is 0 Å². The number of aromatic amines is 2. The average molecular weight is 496 g/mol. The Morgan fingerprint density at radius 3 is 2.97 bits per heavy atom. The van der Waals surface area contributed by atoms with E-state index in [9.17, 15) is 14.7 Å². The Bertz CT molecular complexity index is 1540. The van der Waals surface area contributed by atoms with Gasteiger partial charge in [-0.05, 0) is 37.5 Å². The van der Waals surface area contributed by atoms with Crippen LogP contribution in [0.3, 0.4) is 0 Å². The molecule has 4 N–H and O–H groups in total. The van der Waals surface area contributed by atoms with Crippen LogP contribution in [0.1, 0.15) is 41.6 Å². The molecule has 1 aliphatic carbocycles. The predicted molar refractivity (Wildman–Crippen MR) is 130 cm³/mol. The van der Waals surface area contributed by atoms with Crippen molar-refractivity contribution in [2.45, 2.75) is 32.2 Å². The van der Waals surface area contributed by atoms with Crippen molar-refractivity contribution < 1.29 is 14.6 Å². The lowest BCUT2D eigenvalue weighted by Gasteiger charge is -2.04. The van der Waals surface area contributed by atoms with Gasteiger partial charge in [-0.25, -0.2) is 9.78 Å². The maximum absolute atomic E-state index is 12.5. The summed E-state index contributed by atoms with van der Waals surface area (Å²) >= 11 is 1.34. The molecule has 0 atom stereocenters. The maximum Gasteiger partial charge on any atom is 0.326 e. The molecule has 182 valence electrons. The Kier molecular flexibility index (Phi) is 6.47. The molecule has 0 aliphatic heterocycles. The van der Waals surface area contributed by atoms with Gasteiger partial charge in [0.25, 0.3) is 5.91 Å². The third kappa shape index (κ3) is 5.17. The second-order valence-electron chi connectivity index (χ2n) is 8.21. The molecular weight excluding hydrogens is 470 g/mol. The number of nitrogens with one attached hydrogen (secondary N) is 3. The molecule has 0 spiro atoms. The van der Waals surface area contributed by atoms with Gasteiger partial charge in [-0.1, -0.05) is 6.92 Å². The van der Waals surface area contributed by atoms with Gasteiger partial charge in [0.15, 0.2) is 11.1 Å². The molecule has 35 heavy (non-hydrogen) atoms. The molecule has 1 saturated carbocycles. The van der Waals surface area contributed by atoms with Crippen molar-refractivity contribution in [1.29, 1.82) is 0 Å². The first-order valence-electron chi connectivity index (χ1n) is 11.4. The first kappa shape index (κ1) is 23.0. The van der Waals surface area contributed by atoms with Gasteiger partial charge in [-0.2, -0.15) is 9.61 Å². The molecule has 0 unspecified atom stereocenters. The van der Waals surface area contributed by atoms with Crippen molar-refractivity contribution in [2.75, 3.05) is 19.8 Å². The highest BCUT2D eigenvalue weighted by Crippen LogP contribution is 2.27. The number of H-pyrrole nitrogens is 2. The smallest absolute Gasteiger partial charge is 0.326 e. The third-order valence-corrected chi connectivity index (χ3v) is 6.45. The van der Waals surface area contributed by atoms with E-state index in [2.05, 4.69) is 20.4 Å². The number of carbonyl (C=O) groups is 1. The van der Waals surface area contributed by atoms with Crippen LogP contribution in [0.5, 0.6) is 5.88 Å². The van der Waals surface area contributed by atoms with E-state index in [-0.39, 0.29) is 23.5 Å². The second-order valence-corrected chi connectivity index (χ2v) is 9.30. The molecule has 0 saturated heterocycles. The molecule has 0 bridgehead atoms. The van der Waals surface area contributed by atoms with E-state index in [0.717, 1.165) is 24.1 Å². The molecule has 12 heteroatoms. The van der Waals surface area contributed by atoms with E-state index >= 15 is 0 Å². The molecule has 1 aliphatic rings. The van der Waals surface area contributed by atoms with Gasteiger partial charge in [0.2, 0.25) is 5.88 Å². The summed E-state index contributed by atoms with van der Waals surface area (Å²) in [5, 5.41) is 17.8. The normalized spacial score (nSPS) is 14.8. The second kappa shape index (κ2) is 9.84. The monoisotopic (exact) mass is 495 g/mol. The number of aromatic hydroxyl groups is 1. The molecule has 0 aromatic carbocycles. The minimum Gasteiger partial charge on any atom is -0.493 e. The Morgan fingerprint density at radius 1 is 1.37 bits per heavy atom. The maximum atomic E-state index is 12.5. The number of aromatic nitrogens is 5. The van der Waals surface area contributed by atoms with Gasteiger partial charge in [0, 0.05) is 24.4 Å². The van der Waals surface area contributed by atoms with Crippen molar-refractivity contribution in [3.05, 3.63) is 56.2 Å². The highest BCUT2D eigenvalue weighted by atomic mass is 32.1. The van der Waals surface area contributed by atoms with Crippen LogP contribution in [0.25, 0.3) is 22.3 Å².